The van der Waals surface area contributed by atoms with E-state index in [0.29, 0.717) is 18.1 Å². The lowest BCUT2D eigenvalue weighted by Crippen LogP contribution is -2.20. The third-order valence-corrected chi connectivity index (χ3v) is 2.05. The van der Waals surface area contributed by atoms with Crippen molar-refractivity contribution in [1.82, 2.24) is 0 Å². The van der Waals surface area contributed by atoms with Crippen LogP contribution < -0.4 is 5.73 Å². The van der Waals surface area contributed by atoms with E-state index in [9.17, 15) is 0 Å². The molecule has 1 fully saturated rings. The molecule has 1 aliphatic heterocycles. The van der Waals surface area contributed by atoms with Crippen molar-refractivity contribution in [2.45, 2.75) is 32.5 Å². The molecule has 3 atom stereocenters. The van der Waals surface area contributed by atoms with E-state index in [4.69, 9.17) is 10.5 Å². The maximum absolute atomic E-state index is 5.51. The molecule has 1 heterocycles. The van der Waals surface area contributed by atoms with E-state index < -0.39 is 0 Å². The fourth-order valence-corrected chi connectivity index (χ4v) is 1.44. The van der Waals surface area contributed by atoms with E-state index in [1.54, 1.807) is 0 Å². The van der Waals surface area contributed by atoms with E-state index in [0.717, 1.165) is 13.0 Å². The van der Waals surface area contributed by atoms with Gasteiger partial charge in [-0.1, -0.05) is 0 Å². The van der Waals surface area contributed by atoms with Crippen molar-refractivity contribution in [2.24, 2.45) is 11.7 Å². The molecule has 3 unspecified atom stereocenters. The van der Waals surface area contributed by atoms with Crippen LogP contribution in [0, 0.1) is 5.92 Å². The summed E-state index contributed by atoms with van der Waals surface area (Å²) in [4.78, 5) is 0. The van der Waals surface area contributed by atoms with Gasteiger partial charge in [0, 0.05) is 0 Å². The van der Waals surface area contributed by atoms with Crippen LogP contribution in [-0.4, -0.2) is 18.8 Å². The second-order valence-corrected chi connectivity index (χ2v) is 2.88. The van der Waals surface area contributed by atoms with Gasteiger partial charge >= 0.3 is 0 Å². The Morgan fingerprint density at radius 2 is 2.22 bits per heavy atom. The van der Waals surface area contributed by atoms with Gasteiger partial charge < -0.3 is 10.5 Å². The monoisotopic (exact) mass is 129 g/mol. The summed E-state index contributed by atoms with van der Waals surface area (Å²) in [5.41, 5.74) is 5.51. The fourth-order valence-electron chi connectivity index (χ4n) is 1.44. The molecule has 0 spiro atoms. The maximum atomic E-state index is 5.51. The van der Waals surface area contributed by atoms with Crippen molar-refractivity contribution < 1.29 is 4.74 Å². The summed E-state index contributed by atoms with van der Waals surface area (Å²) in [6.07, 6.45) is 1.94. The minimum absolute atomic E-state index is 0.380. The van der Waals surface area contributed by atoms with Crippen molar-refractivity contribution in [3.05, 3.63) is 0 Å². The Morgan fingerprint density at radius 1 is 1.56 bits per heavy atom. The highest BCUT2D eigenvalue weighted by Crippen LogP contribution is 2.24. The molecule has 1 aliphatic rings. The Balaban J connectivity index is 2.38. The molecule has 0 aromatic rings. The summed E-state index contributed by atoms with van der Waals surface area (Å²) in [5, 5.41) is 0. The summed E-state index contributed by atoms with van der Waals surface area (Å²) < 4.78 is 5.48. The summed E-state index contributed by atoms with van der Waals surface area (Å²) in [5.74, 6) is 0.597. The zero-order valence-corrected chi connectivity index (χ0v) is 6.13. The Kier molecular flexibility index (Phi) is 2.09. The minimum atomic E-state index is 0.380. The Labute approximate surface area is 56.4 Å². The molecule has 2 nitrogen and oxygen atoms in total. The van der Waals surface area contributed by atoms with Crippen molar-refractivity contribution in [2.75, 3.05) is 6.54 Å². The molecule has 0 aromatic carbocycles. The van der Waals surface area contributed by atoms with Crippen LogP contribution in [0.2, 0.25) is 0 Å². The molecule has 1 rings (SSSR count). The summed E-state index contributed by atoms with van der Waals surface area (Å²) >= 11 is 0. The Bertz CT molecular complexity index is 94.9. The smallest absolute Gasteiger partial charge is 0.0591 e. The molecule has 0 aromatic heterocycles. The van der Waals surface area contributed by atoms with Gasteiger partial charge in [0.05, 0.1) is 12.2 Å². The highest BCUT2D eigenvalue weighted by molar-refractivity contribution is 4.77. The highest BCUT2D eigenvalue weighted by atomic mass is 16.5. The van der Waals surface area contributed by atoms with Gasteiger partial charge in [-0.2, -0.15) is 0 Å². The number of hydrogen-bond donors (Lipinski definition) is 1. The molecule has 0 bridgehead atoms. The topological polar surface area (TPSA) is 35.2 Å². The Hall–Kier alpha value is -0.0800. The molecular formula is C7H15NO. The summed E-state index contributed by atoms with van der Waals surface area (Å²) in [6.45, 7) is 4.97. The summed E-state index contributed by atoms with van der Waals surface area (Å²) in [6, 6.07) is 0. The predicted octanol–water partition coefficient (Wildman–Crippen LogP) is 0.759. The molecule has 54 valence electrons. The first-order chi connectivity index (χ1) is 4.24. The van der Waals surface area contributed by atoms with Crippen LogP contribution in [0.4, 0.5) is 0 Å². The first kappa shape index (κ1) is 7.03. The zero-order valence-electron chi connectivity index (χ0n) is 6.13. The van der Waals surface area contributed by atoms with Crippen LogP contribution in [0.25, 0.3) is 0 Å². The van der Waals surface area contributed by atoms with Gasteiger partial charge in [0.25, 0.3) is 0 Å². The summed E-state index contributed by atoms with van der Waals surface area (Å²) in [7, 11) is 0. The normalized spacial score (nSPS) is 43.7. The zero-order chi connectivity index (χ0) is 6.85. The molecule has 0 saturated carbocycles. The van der Waals surface area contributed by atoms with Gasteiger partial charge in [-0.25, -0.2) is 0 Å². The standard InChI is InChI=1S/C7H15NO/c1-5-3-7(4-8)6(2)9-5/h5-7H,3-4,8H2,1-2H3. The molecule has 0 aliphatic carbocycles. The Morgan fingerprint density at radius 3 is 2.44 bits per heavy atom. The third kappa shape index (κ3) is 1.43. The third-order valence-electron chi connectivity index (χ3n) is 2.05. The van der Waals surface area contributed by atoms with Crippen LogP contribution in [0.1, 0.15) is 20.3 Å². The molecule has 0 radical (unpaired) electrons. The molecule has 9 heavy (non-hydrogen) atoms. The van der Waals surface area contributed by atoms with Crippen molar-refractivity contribution in [1.29, 1.82) is 0 Å². The largest absolute Gasteiger partial charge is 0.375 e. The average Bonchev–Trinajstić information content (AvgIpc) is 2.10. The number of ether oxygens (including phenoxy) is 1. The van der Waals surface area contributed by atoms with Gasteiger partial charge in [-0.15, -0.1) is 0 Å². The molecule has 0 amide bonds. The van der Waals surface area contributed by atoms with Crippen LogP contribution in [-0.2, 0) is 4.74 Å². The van der Waals surface area contributed by atoms with Crippen LogP contribution in [0.5, 0.6) is 0 Å². The predicted molar refractivity (Wildman–Crippen MR) is 37.2 cm³/mol. The lowest BCUT2D eigenvalue weighted by atomic mass is 10.0. The van der Waals surface area contributed by atoms with Gasteiger partial charge in [0.1, 0.15) is 0 Å². The molecule has 2 heteroatoms. The highest BCUT2D eigenvalue weighted by Gasteiger charge is 2.27. The number of nitrogens with two attached hydrogens (primary N) is 1. The first-order valence-corrected chi connectivity index (χ1v) is 3.59. The molecular weight excluding hydrogens is 114 g/mol. The van der Waals surface area contributed by atoms with Gasteiger partial charge in [-0.3, -0.25) is 0 Å². The van der Waals surface area contributed by atoms with Crippen LogP contribution in [0.15, 0.2) is 0 Å². The first-order valence-electron chi connectivity index (χ1n) is 3.59. The quantitative estimate of drug-likeness (QED) is 0.567. The number of hydrogen-bond acceptors (Lipinski definition) is 2. The maximum Gasteiger partial charge on any atom is 0.0591 e. The van der Waals surface area contributed by atoms with Gasteiger partial charge in [-0.05, 0) is 32.7 Å². The lowest BCUT2D eigenvalue weighted by Gasteiger charge is -2.09. The van der Waals surface area contributed by atoms with E-state index in [1.807, 2.05) is 0 Å². The van der Waals surface area contributed by atoms with E-state index in [-0.39, 0.29) is 0 Å². The second-order valence-electron chi connectivity index (χ2n) is 2.88. The van der Waals surface area contributed by atoms with Crippen molar-refractivity contribution >= 4 is 0 Å². The second kappa shape index (κ2) is 2.67. The van der Waals surface area contributed by atoms with Gasteiger partial charge in [0.2, 0.25) is 0 Å². The lowest BCUT2D eigenvalue weighted by molar-refractivity contribution is 0.0570. The van der Waals surface area contributed by atoms with E-state index in [1.165, 1.54) is 0 Å². The SMILES string of the molecule is CC1CC(CN)C(C)O1. The van der Waals surface area contributed by atoms with Gasteiger partial charge in [0.15, 0.2) is 0 Å². The van der Waals surface area contributed by atoms with E-state index >= 15 is 0 Å². The molecule has 1 saturated heterocycles. The molecule has 2 N–H and O–H groups in total. The van der Waals surface area contributed by atoms with Crippen molar-refractivity contribution in [3.8, 4) is 0 Å². The minimum Gasteiger partial charge on any atom is -0.375 e. The fraction of sp³-hybridized carbons (Fsp3) is 1.00. The van der Waals surface area contributed by atoms with Crippen LogP contribution >= 0.6 is 0 Å². The number of rotatable bonds is 1. The average molecular weight is 129 g/mol. The van der Waals surface area contributed by atoms with E-state index in [2.05, 4.69) is 13.8 Å². The van der Waals surface area contributed by atoms with Crippen LogP contribution in [0.3, 0.4) is 0 Å². The van der Waals surface area contributed by atoms with Crippen molar-refractivity contribution in [3.63, 3.8) is 0 Å².